The van der Waals surface area contributed by atoms with Crippen molar-refractivity contribution >= 4 is 30.0 Å². The summed E-state index contributed by atoms with van der Waals surface area (Å²) in [6.07, 6.45) is -0.894. The number of unbranched alkanes of at least 4 members (excludes halogenated alkanes) is 1. The third-order valence-electron chi connectivity index (χ3n) is 6.42. The van der Waals surface area contributed by atoms with Crippen LogP contribution in [0.4, 0.5) is 9.59 Å². The second-order valence-electron chi connectivity index (χ2n) is 9.23. The number of hydrazine groups is 1. The number of carboxylic acid groups (broad SMARTS) is 1. The Balaban J connectivity index is 1.54. The van der Waals surface area contributed by atoms with Crippen LogP contribution in [-0.4, -0.2) is 83.2 Å². The third kappa shape index (κ3) is 8.84. The molecule has 2 aliphatic heterocycles. The maximum atomic E-state index is 13.4. The van der Waals surface area contributed by atoms with Gasteiger partial charge in [-0.1, -0.05) is 30.3 Å². The molecule has 13 nitrogen and oxygen atoms in total. The fourth-order valence-corrected chi connectivity index (χ4v) is 4.56. The van der Waals surface area contributed by atoms with Crippen LogP contribution < -0.4 is 10.6 Å². The van der Waals surface area contributed by atoms with Crippen molar-refractivity contribution in [3.8, 4) is 0 Å². The third-order valence-corrected chi connectivity index (χ3v) is 6.42. The molecule has 1 aromatic carbocycles. The monoisotopic (exact) mass is 548 g/mol. The number of carbonyl (C=O) groups is 5. The summed E-state index contributed by atoms with van der Waals surface area (Å²) in [5, 5.41) is 17.1. The Kier molecular flexibility index (Phi) is 11.3. The number of alkyl carbamates (subject to hydrolysis) is 1. The van der Waals surface area contributed by atoms with Crippen molar-refractivity contribution in [3.05, 3.63) is 35.9 Å². The summed E-state index contributed by atoms with van der Waals surface area (Å²) >= 11 is 0. The summed E-state index contributed by atoms with van der Waals surface area (Å²) in [5.41, 5.74) is 0.874. The van der Waals surface area contributed by atoms with Gasteiger partial charge in [-0.25, -0.2) is 19.6 Å². The summed E-state index contributed by atoms with van der Waals surface area (Å²) in [6, 6.07) is 7.54. The molecule has 2 saturated heterocycles. The Morgan fingerprint density at radius 1 is 1.10 bits per heavy atom. The second kappa shape index (κ2) is 14.9. The SMILES string of the molecule is CCOC(=O)C(CCCCNC(=O)OCc1ccccc1)NC1CCC(=O)N2CCCC(OC(=O)O)N2C1=O. The molecule has 0 radical (unpaired) electrons. The zero-order valence-electron chi connectivity index (χ0n) is 22.0. The minimum atomic E-state index is -1.54. The molecular weight excluding hydrogens is 512 g/mol. The van der Waals surface area contributed by atoms with E-state index in [2.05, 4.69) is 10.6 Å². The number of fused-ring (bicyclic) bond motifs is 1. The summed E-state index contributed by atoms with van der Waals surface area (Å²) in [4.78, 5) is 61.9. The summed E-state index contributed by atoms with van der Waals surface area (Å²) in [6.45, 7) is 2.59. The number of nitrogens with one attached hydrogen (secondary N) is 2. The molecule has 0 spiro atoms. The lowest BCUT2D eigenvalue weighted by Gasteiger charge is -2.42. The molecule has 2 heterocycles. The Bertz CT molecular complexity index is 1010. The first-order chi connectivity index (χ1) is 18.8. The molecule has 3 N–H and O–H groups in total. The zero-order valence-corrected chi connectivity index (χ0v) is 22.0. The van der Waals surface area contributed by atoms with Crippen LogP contribution in [0.15, 0.2) is 30.3 Å². The van der Waals surface area contributed by atoms with Gasteiger partial charge in [-0.2, -0.15) is 0 Å². The van der Waals surface area contributed by atoms with Crippen LogP contribution in [0.5, 0.6) is 0 Å². The van der Waals surface area contributed by atoms with Gasteiger partial charge in [0.15, 0.2) is 6.23 Å². The van der Waals surface area contributed by atoms with Gasteiger partial charge in [0.05, 0.1) is 12.6 Å². The van der Waals surface area contributed by atoms with Crippen molar-refractivity contribution in [1.82, 2.24) is 20.7 Å². The van der Waals surface area contributed by atoms with Gasteiger partial charge in [0.2, 0.25) is 5.91 Å². The quantitative estimate of drug-likeness (QED) is 0.200. The van der Waals surface area contributed by atoms with Crippen molar-refractivity contribution in [2.24, 2.45) is 0 Å². The molecule has 0 bridgehead atoms. The normalized spacial score (nSPS) is 19.9. The summed E-state index contributed by atoms with van der Waals surface area (Å²) in [5.74, 6) is -1.39. The molecule has 39 heavy (non-hydrogen) atoms. The van der Waals surface area contributed by atoms with Gasteiger partial charge in [-0.3, -0.25) is 19.7 Å². The number of benzene rings is 1. The lowest BCUT2D eigenvalue weighted by molar-refractivity contribution is -0.196. The van der Waals surface area contributed by atoms with E-state index in [4.69, 9.17) is 19.3 Å². The van der Waals surface area contributed by atoms with E-state index in [1.165, 1.54) is 5.01 Å². The van der Waals surface area contributed by atoms with Crippen molar-refractivity contribution in [3.63, 3.8) is 0 Å². The number of esters is 1. The van der Waals surface area contributed by atoms with Crippen LogP contribution in [0.25, 0.3) is 0 Å². The number of hydrogen-bond acceptors (Lipinski definition) is 9. The van der Waals surface area contributed by atoms with Gasteiger partial charge >= 0.3 is 18.2 Å². The molecule has 2 fully saturated rings. The number of amides is 3. The highest BCUT2D eigenvalue weighted by atomic mass is 16.7. The van der Waals surface area contributed by atoms with Crippen LogP contribution >= 0.6 is 0 Å². The maximum absolute atomic E-state index is 13.4. The number of rotatable bonds is 12. The summed E-state index contributed by atoms with van der Waals surface area (Å²) < 4.78 is 15.3. The molecule has 2 aliphatic rings. The van der Waals surface area contributed by atoms with Crippen molar-refractivity contribution < 1.29 is 43.3 Å². The van der Waals surface area contributed by atoms with E-state index in [0.29, 0.717) is 32.2 Å². The topological polar surface area (TPSA) is 164 Å². The molecule has 3 amide bonds. The van der Waals surface area contributed by atoms with E-state index >= 15 is 0 Å². The molecule has 0 aromatic heterocycles. The first-order valence-corrected chi connectivity index (χ1v) is 13.2. The van der Waals surface area contributed by atoms with Crippen LogP contribution in [0.2, 0.25) is 0 Å². The average molecular weight is 549 g/mol. The minimum absolute atomic E-state index is 0.0459. The lowest BCUT2D eigenvalue weighted by Crippen LogP contribution is -2.61. The number of hydrogen-bond donors (Lipinski definition) is 3. The van der Waals surface area contributed by atoms with Gasteiger partial charge in [0.1, 0.15) is 12.6 Å². The molecular formula is C26H36N4O9. The molecule has 0 saturated carbocycles. The number of carbonyl (C=O) groups excluding carboxylic acids is 4. The van der Waals surface area contributed by atoms with Gasteiger partial charge in [0, 0.05) is 25.9 Å². The first-order valence-electron chi connectivity index (χ1n) is 13.2. The van der Waals surface area contributed by atoms with Crippen molar-refractivity contribution in [2.45, 2.75) is 76.8 Å². The molecule has 3 unspecified atom stereocenters. The van der Waals surface area contributed by atoms with Crippen LogP contribution in [0, 0.1) is 0 Å². The maximum Gasteiger partial charge on any atom is 0.507 e. The minimum Gasteiger partial charge on any atom is -0.465 e. The summed E-state index contributed by atoms with van der Waals surface area (Å²) in [7, 11) is 0. The van der Waals surface area contributed by atoms with E-state index in [0.717, 1.165) is 10.6 Å². The highest BCUT2D eigenvalue weighted by Crippen LogP contribution is 2.26. The molecule has 1 aromatic rings. The van der Waals surface area contributed by atoms with Gasteiger partial charge in [0.25, 0.3) is 5.91 Å². The largest absolute Gasteiger partial charge is 0.507 e. The first kappa shape index (κ1) is 29.7. The van der Waals surface area contributed by atoms with Crippen LogP contribution in [0.3, 0.4) is 0 Å². The average Bonchev–Trinajstić information content (AvgIpc) is 3.03. The zero-order chi connectivity index (χ0) is 28.2. The van der Waals surface area contributed by atoms with Gasteiger partial charge < -0.3 is 24.6 Å². The Labute approximate surface area is 226 Å². The predicted molar refractivity (Wildman–Crippen MR) is 136 cm³/mol. The molecule has 214 valence electrons. The molecule has 0 aliphatic carbocycles. The molecule has 3 rings (SSSR count). The van der Waals surface area contributed by atoms with E-state index in [-0.39, 0.29) is 44.9 Å². The van der Waals surface area contributed by atoms with Crippen LogP contribution in [-0.2, 0) is 35.2 Å². The Hall–Kier alpha value is -3.87. The fourth-order valence-electron chi connectivity index (χ4n) is 4.56. The predicted octanol–water partition coefficient (Wildman–Crippen LogP) is 2.15. The highest BCUT2D eigenvalue weighted by Gasteiger charge is 2.44. The van der Waals surface area contributed by atoms with E-state index in [9.17, 15) is 24.0 Å². The standard InChI is InChI=1S/C26H36N4O9/c1-2-37-24(33)20(11-6-7-15-27-25(34)38-17-18-9-4-3-5-10-18)28-19-13-14-21(31)29-16-8-12-22(39-26(35)36)30(29)23(19)32/h3-5,9-10,19-20,22,28H,2,6-8,11-17H2,1H3,(H,27,34)(H,35,36). The molecule has 3 atom stereocenters. The number of ether oxygens (including phenoxy) is 3. The van der Waals surface area contributed by atoms with Crippen molar-refractivity contribution in [2.75, 3.05) is 19.7 Å². The highest BCUT2D eigenvalue weighted by molar-refractivity contribution is 5.89. The lowest BCUT2D eigenvalue weighted by atomic mass is 10.1. The fraction of sp³-hybridized carbons (Fsp3) is 0.577. The van der Waals surface area contributed by atoms with E-state index in [1.807, 2.05) is 30.3 Å². The Morgan fingerprint density at radius 3 is 2.59 bits per heavy atom. The van der Waals surface area contributed by atoms with Gasteiger partial charge in [-0.15, -0.1) is 0 Å². The Morgan fingerprint density at radius 2 is 1.87 bits per heavy atom. The van der Waals surface area contributed by atoms with E-state index < -0.39 is 42.4 Å². The second-order valence-corrected chi connectivity index (χ2v) is 9.23. The van der Waals surface area contributed by atoms with Crippen molar-refractivity contribution in [1.29, 1.82) is 0 Å². The molecule has 13 heteroatoms. The van der Waals surface area contributed by atoms with E-state index in [1.54, 1.807) is 6.92 Å². The number of nitrogens with zero attached hydrogens (tertiary/aromatic N) is 2. The van der Waals surface area contributed by atoms with Gasteiger partial charge in [-0.05, 0) is 44.6 Å². The smallest absolute Gasteiger partial charge is 0.465 e. The van der Waals surface area contributed by atoms with Crippen LogP contribution in [0.1, 0.15) is 57.4 Å².